The van der Waals surface area contributed by atoms with Crippen molar-refractivity contribution >= 4 is 28.8 Å². The normalized spacial score (nSPS) is 16.0. The molecule has 10 heteroatoms. The molecule has 1 rings (SSSR count). The molecular formula is C15H23F6OPSi2. The number of hydrogen-bond acceptors (Lipinski definition) is 1. The molecule has 0 aromatic heterocycles. The summed E-state index contributed by atoms with van der Waals surface area (Å²) in [7, 11) is -8.83. The molecule has 0 bridgehead atoms. The van der Waals surface area contributed by atoms with Crippen molar-refractivity contribution in [2.75, 3.05) is 0 Å². The van der Waals surface area contributed by atoms with E-state index in [4.69, 9.17) is 4.43 Å². The van der Waals surface area contributed by atoms with Crippen LogP contribution >= 0.6 is 7.47 Å². The Labute approximate surface area is 147 Å². The van der Waals surface area contributed by atoms with E-state index < -0.39 is 41.2 Å². The second-order valence-electron chi connectivity index (χ2n) is 7.70. The molecule has 0 fully saturated rings. The van der Waals surface area contributed by atoms with E-state index in [1.54, 1.807) is 6.07 Å². The van der Waals surface area contributed by atoms with Crippen LogP contribution in [0, 0.1) is 0 Å². The van der Waals surface area contributed by atoms with Crippen molar-refractivity contribution in [2.24, 2.45) is 0 Å². The first kappa shape index (κ1) is 22.7. The fourth-order valence-electron chi connectivity index (χ4n) is 2.64. The Bertz CT molecular complexity index is 561. The van der Waals surface area contributed by atoms with Crippen molar-refractivity contribution in [3.8, 4) is 0 Å². The van der Waals surface area contributed by atoms with Gasteiger partial charge in [-0.15, -0.1) is 0 Å². The van der Waals surface area contributed by atoms with Crippen molar-refractivity contribution in [3.05, 3.63) is 30.3 Å². The molecule has 0 amide bonds. The summed E-state index contributed by atoms with van der Waals surface area (Å²) >= 11 is 0. The maximum absolute atomic E-state index is 14.1. The van der Waals surface area contributed by atoms with E-state index in [0.29, 0.717) is 0 Å². The Morgan fingerprint density at radius 2 is 1.16 bits per heavy atom. The molecule has 0 saturated heterocycles. The van der Waals surface area contributed by atoms with Gasteiger partial charge in [-0.1, -0.05) is 50.0 Å². The first-order valence-corrected chi connectivity index (χ1v) is 16.7. The van der Waals surface area contributed by atoms with Crippen molar-refractivity contribution in [1.82, 2.24) is 0 Å². The summed E-state index contributed by atoms with van der Waals surface area (Å²) in [6, 6.07) is 7.21. The zero-order valence-corrected chi connectivity index (χ0v) is 17.9. The molecule has 0 heterocycles. The van der Waals surface area contributed by atoms with E-state index in [-0.39, 0.29) is 5.30 Å². The summed E-state index contributed by atoms with van der Waals surface area (Å²) in [5.74, 6) is 0. The Balaban J connectivity index is 3.89. The minimum Gasteiger partial charge on any atom is -0.394 e. The third-order valence-corrected chi connectivity index (χ3v) is 13.4. The van der Waals surface area contributed by atoms with Gasteiger partial charge in [0.15, 0.2) is 8.32 Å². The second-order valence-corrected chi connectivity index (χ2v) is 23.6. The number of alkyl halides is 6. The maximum atomic E-state index is 14.1. The molecule has 1 aromatic rings. The van der Waals surface area contributed by atoms with Gasteiger partial charge in [0.05, 0.1) is 7.74 Å². The fourth-order valence-corrected chi connectivity index (χ4v) is 14.8. The third kappa shape index (κ3) is 4.87. The van der Waals surface area contributed by atoms with Gasteiger partial charge in [0.2, 0.25) is 0 Å². The lowest BCUT2D eigenvalue weighted by Gasteiger charge is -2.50. The van der Waals surface area contributed by atoms with Crippen LogP contribution in [-0.4, -0.2) is 33.8 Å². The summed E-state index contributed by atoms with van der Waals surface area (Å²) in [6.45, 7) is 8.65. The lowest BCUT2D eigenvalue weighted by Crippen LogP contribution is -2.64. The number of hydrogen-bond donors (Lipinski definition) is 0. The van der Waals surface area contributed by atoms with Crippen molar-refractivity contribution < 1.29 is 30.8 Å². The predicted molar refractivity (Wildman–Crippen MR) is 95.6 cm³/mol. The predicted octanol–water partition coefficient (Wildman–Crippen LogP) is 6.30. The van der Waals surface area contributed by atoms with Crippen molar-refractivity contribution in [3.63, 3.8) is 0 Å². The van der Waals surface area contributed by atoms with E-state index in [9.17, 15) is 26.3 Å². The number of halogens is 6. The monoisotopic (exact) mass is 420 g/mol. The van der Waals surface area contributed by atoms with Crippen LogP contribution in [-0.2, 0) is 4.43 Å². The standard InChI is InChI=1S/C15H23F6OPSi2/c1-24(2,3)22-13(14(16,17)18,15(19,20)21)23(25(4,5)6)12-10-8-7-9-11-12/h7-11H,1-6H3. The molecule has 0 spiro atoms. The van der Waals surface area contributed by atoms with Gasteiger partial charge in [-0.05, 0) is 32.4 Å². The number of rotatable bonds is 5. The van der Waals surface area contributed by atoms with Gasteiger partial charge < -0.3 is 4.43 Å². The molecule has 1 atom stereocenters. The SMILES string of the molecule is C[Si](C)(C)OC(P(c1ccccc1)[Si](C)(C)C)(C(F)(F)F)C(F)(F)F. The smallest absolute Gasteiger partial charge is 0.394 e. The van der Waals surface area contributed by atoms with Gasteiger partial charge in [-0.2, -0.15) is 26.3 Å². The minimum atomic E-state index is -5.56. The molecule has 0 aliphatic rings. The fraction of sp³-hybridized carbons (Fsp3) is 0.600. The van der Waals surface area contributed by atoms with Gasteiger partial charge in [-0.25, -0.2) is 0 Å². The molecule has 144 valence electrons. The van der Waals surface area contributed by atoms with Crippen LogP contribution in [0.1, 0.15) is 0 Å². The largest absolute Gasteiger partial charge is 0.429 e. The van der Waals surface area contributed by atoms with Crippen molar-refractivity contribution in [1.29, 1.82) is 0 Å². The number of benzene rings is 1. The van der Waals surface area contributed by atoms with Gasteiger partial charge in [0.25, 0.3) is 5.34 Å². The van der Waals surface area contributed by atoms with Crippen molar-refractivity contribution in [2.45, 2.75) is 57.0 Å². The first-order valence-electron chi connectivity index (χ1n) is 7.62. The van der Waals surface area contributed by atoms with E-state index in [1.165, 1.54) is 63.5 Å². The minimum absolute atomic E-state index is 0.0737. The summed E-state index contributed by atoms with van der Waals surface area (Å²) in [5.41, 5.74) is 0. The molecular weight excluding hydrogens is 397 g/mol. The van der Waals surface area contributed by atoms with E-state index in [2.05, 4.69) is 0 Å². The molecule has 1 unspecified atom stereocenters. The second kappa shape index (κ2) is 6.98. The van der Waals surface area contributed by atoms with E-state index in [1.807, 2.05) is 0 Å². The van der Waals surface area contributed by atoms with Crippen LogP contribution in [0.25, 0.3) is 0 Å². The van der Waals surface area contributed by atoms with E-state index in [0.717, 1.165) is 0 Å². The van der Waals surface area contributed by atoms with Crippen LogP contribution in [0.2, 0.25) is 39.3 Å². The van der Waals surface area contributed by atoms with Crippen LogP contribution < -0.4 is 5.30 Å². The van der Waals surface area contributed by atoms with Crippen LogP contribution in [0.3, 0.4) is 0 Å². The molecule has 0 saturated carbocycles. The quantitative estimate of drug-likeness (QED) is 0.309. The molecule has 0 radical (unpaired) electrons. The van der Waals surface area contributed by atoms with Gasteiger partial charge in [0.1, 0.15) is 0 Å². The highest BCUT2D eigenvalue weighted by molar-refractivity contribution is 8.00. The highest BCUT2D eigenvalue weighted by atomic mass is 31.4. The molecule has 0 aliphatic heterocycles. The summed E-state index contributed by atoms with van der Waals surface area (Å²) < 4.78 is 89.5. The lowest BCUT2D eigenvalue weighted by molar-refractivity contribution is -0.322. The first-order chi connectivity index (χ1) is 10.9. The van der Waals surface area contributed by atoms with Crippen LogP contribution in [0.15, 0.2) is 30.3 Å². The van der Waals surface area contributed by atoms with Gasteiger partial charge >= 0.3 is 12.4 Å². The zero-order valence-electron chi connectivity index (χ0n) is 15.0. The Morgan fingerprint density at radius 3 is 1.44 bits per heavy atom. The average Bonchev–Trinajstić information content (AvgIpc) is 2.33. The van der Waals surface area contributed by atoms with Crippen LogP contribution in [0.4, 0.5) is 26.3 Å². The van der Waals surface area contributed by atoms with Crippen LogP contribution in [0.5, 0.6) is 0 Å². The molecule has 25 heavy (non-hydrogen) atoms. The highest BCUT2D eigenvalue weighted by Gasteiger charge is 2.78. The molecule has 0 N–H and O–H groups in total. The van der Waals surface area contributed by atoms with Gasteiger partial charge in [0, 0.05) is 0 Å². The molecule has 0 aliphatic carbocycles. The summed E-state index contributed by atoms with van der Waals surface area (Å²) in [4.78, 5) is 0. The molecule has 1 nitrogen and oxygen atoms in total. The highest BCUT2D eigenvalue weighted by Crippen LogP contribution is 2.69. The third-order valence-electron chi connectivity index (χ3n) is 3.22. The van der Waals surface area contributed by atoms with Gasteiger partial charge in [-0.3, -0.25) is 0 Å². The average molecular weight is 420 g/mol. The Morgan fingerprint density at radius 1 is 0.760 bits per heavy atom. The lowest BCUT2D eigenvalue weighted by atomic mass is 10.3. The molecule has 1 aromatic carbocycles. The Hall–Kier alpha value is -0.376. The summed E-state index contributed by atoms with van der Waals surface area (Å²) in [5, 5.41) is -4.07. The zero-order chi connectivity index (χ0) is 19.9. The van der Waals surface area contributed by atoms with E-state index >= 15 is 0 Å². The summed E-state index contributed by atoms with van der Waals surface area (Å²) in [6.07, 6.45) is -11.1. The maximum Gasteiger partial charge on any atom is 0.429 e. The topological polar surface area (TPSA) is 9.23 Å². The Kier molecular flexibility index (Phi) is 6.33.